The lowest BCUT2D eigenvalue weighted by atomic mass is 10.0. The summed E-state index contributed by atoms with van der Waals surface area (Å²) in [6, 6.07) is 18.4. The van der Waals surface area contributed by atoms with Gasteiger partial charge in [-0.15, -0.1) is 0 Å². The molecule has 1 heterocycles. The molecule has 2 aromatic carbocycles. The number of hydrogen-bond donors (Lipinski definition) is 1. The lowest BCUT2D eigenvalue weighted by Gasteiger charge is -2.01. The summed E-state index contributed by atoms with van der Waals surface area (Å²) in [5, 5.41) is 10.1. The average Bonchev–Trinajstić information content (AvgIpc) is 2.82. The number of benzene rings is 2. The second-order valence-corrected chi connectivity index (χ2v) is 4.41. The highest BCUT2D eigenvalue weighted by atomic mass is 16.4. The lowest BCUT2D eigenvalue weighted by molar-refractivity contribution is 0.251. The van der Waals surface area contributed by atoms with Crippen LogP contribution in [0, 0.1) is 0 Å². The summed E-state index contributed by atoms with van der Waals surface area (Å²) in [4.78, 5) is 0. The maximum atomic E-state index is 9.05. The monoisotopic (exact) mass is 238 g/mol. The molecule has 0 bridgehead atoms. The van der Waals surface area contributed by atoms with E-state index < -0.39 is 0 Å². The zero-order valence-corrected chi connectivity index (χ0v) is 9.97. The molecule has 0 unspecified atom stereocenters. The standard InChI is InChI=1S/C16H14O2/c17-11-15-10-14-9-13(6-7-16(14)18-15)8-12-4-2-1-3-5-12/h1-7,9-10,17H,8,11H2. The molecule has 0 amide bonds. The summed E-state index contributed by atoms with van der Waals surface area (Å²) in [5.74, 6) is 0.613. The summed E-state index contributed by atoms with van der Waals surface area (Å²) < 4.78 is 5.47. The zero-order chi connectivity index (χ0) is 12.4. The van der Waals surface area contributed by atoms with Crippen molar-refractivity contribution >= 4 is 11.0 Å². The molecule has 2 heteroatoms. The Morgan fingerprint density at radius 3 is 2.50 bits per heavy atom. The fourth-order valence-corrected chi connectivity index (χ4v) is 2.17. The van der Waals surface area contributed by atoms with E-state index in [-0.39, 0.29) is 6.61 Å². The number of fused-ring (bicyclic) bond motifs is 1. The fraction of sp³-hybridized carbons (Fsp3) is 0.125. The van der Waals surface area contributed by atoms with E-state index in [1.807, 2.05) is 18.2 Å². The molecule has 1 aromatic heterocycles. The van der Waals surface area contributed by atoms with Crippen LogP contribution in [0.4, 0.5) is 0 Å². The van der Waals surface area contributed by atoms with Crippen LogP contribution < -0.4 is 0 Å². The first kappa shape index (κ1) is 11.1. The van der Waals surface area contributed by atoms with E-state index in [4.69, 9.17) is 9.52 Å². The molecular formula is C16H14O2. The average molecular weight is 238 g/mol. The van der Waals surface area contributed by atoms with Crippen molar-refractivity contribution in [3.63, 3.8) is 0 Å². The molecule has 0 aliphatic rings. The highest BCUT2D eigenvalue weighted by molar-refractivity contribution is 5.78. The normalized spacial score (nSPS) is 10.9. The van der Waals surface area contributed by atoms with Crippen LogP contribution in [0.25, 0.3) is 11.0 Å². The van der Waals surface area contributed by atoms with Gasteiger partial charge in [0, 0.05) is 5.39 Å². The molecular weight excluding hydrogens is 224 g/mol. The number of aliphatic hydroxyl groups is 1. The topological polar surface area (TPSA) is 33.4 Å². The van der Waals surface area contributed by atoms with Crippen LogP contribution in [0.2, 0.25) is 0 Å². The maximum Gasteiger partial charge on any atom is 0.134 e. The van der Waals surface area contributed by atoms with E-state index in [2.05, 4.69) is 36.4 Å². The van der Waals surface area contributed by atoms with Gasteiger partial charge in [-0.2, -0.15) is 0 Å². The van der Waals surface area contributed by atoms with Crippen LogP contribution in [-0.4, -0.2) is 5.11 Å². The predicted molar refractivity (Wildman–Crippen MR) is 71.4 cm³/mol. The first-order valence-corrected chi connectivity index (χ1v) is 6.01. The van der Waals surface area contributed by atoms with Gasteiger partial charge in [-0.1, -0.05) is 36.4 Å². The van der Waals surface area contributed by atoms with Crippen LogP contribution in [0.1, 0.15) is 16.9 Å². The Balaban J connectivity index is 1.93. The lowest BCUT2D eigenvalue weighted by Crippen LogP contribution is -1.86. The van der Waals surface area contributed by atoms with Crippen LogP contribution in [0.3, 0.4) is 0 Å². The molecule has 0 aliphatic carbocycles. The summed E-state index contributed by atoms with van der Waals surface area (Å²) in [7, 11) is 0. The Morgan fingerprint density at radius 2 is 1.72 bits per heavy atom. The van der Waals surface area contributed by atoms with Crippen molar-refractivity contribution in [1.82, 2.24) is 0 Å². The Labute approximate surface area is 105 Å². The third kappa shape index (κ3) is 2.15. The molecule has 18 heavy (non-hydrogen) atoms. The van der Waals surface area contributed by atoms with Gasteiger partial charge in [0.2, 0.25) is 0 Å². The molecule has 3 aromatic rings. The number of rotatable bonds is 3. The number of aliphatic hydroxyl groups excluding tert-OH is 1. The molecule has 0 saturated carbocycles. The van der Waals surface area contributed by atoms with Gasteiger partial charge in [0.25, 0.3) is 0 Å². The second kappa shape index (κ2) is 4.67. The molecule has 0 fully saturated rings. The smallest absolute Gasteiger partial charge is 0.134 e. The van der Waals surface area contributed by atoms with Crippen molar-refractivity contribution in [1.29, 1.82) is 0 Å². The molecule has 2 nitrogen and oxygen atoms in total. The summed E-state index contributed by atoms with van der Waals surface area (Å²) in [5.41, 5.74) is 3.37. The van der Waals surface area contributed by atoms with Crippen molar-refractivity contribution in [2.24, 2.45) is 0 Å². The van der Waals surface area contributed by atoms with E-state index in [1.54, 1.807) is 0 Å². The molecule has 0 atom stereocenters. The Bertz CT molecular complexity index is 653. The molecule has 90 valence electrons. The van der Waals surface area contributed by atoms with Gasteiger partial charge < -0.3 is 9.52 Å². The van der Waals surface area contributed by atoms with Crippen LogP contribution in [0.15, 0.2) is 59.0 Å². The minimum Gasteiger partial charge on any atom is -0.459 e. The van der Waals surface area contributed by atoms with Crippen molar-refractivity contribution in [3.8, 4) is 0 Å². The van der Waals surface area contributed by atoms with Crippen molar-refractivity contribution in [2.75, 3.05) is 0 Å². The summed E-state index contributed by atoms with van der Waals surface area (Å²) in [6.45, 7) is -0.0529. The fourth-order valence-electron chi connectivity index (χ4n) is 2.17. The molecule has 0 radical (unpaired) electrons. The van der Waals surface area contributed by atoms with Gasteiger partial charge in [0.1, 0.15) is 18.0 Å². The van der Waals surface area contributed by atoms with Crippen molar-refractivity contribution in [3.05, 3.63) is 71.5 Å². The van der Waals surface area contributed by atoms with Gasteiger partial charge >= 0.3 is 0 Å². The third-order valence-electron chi connectivity index (χ3n) is 3.04. The first-order valence-electron chi connectivity index (χ1n) is 6.01. The summed E-state index contributed by atoms with van der Waals surface area (Å²) >= 11 is 0. The van der Waals surface area contributed by atoms with E-state index in [0.29, 0.717) is 5.76 Å². The van der Waals surface area contributed by atoms with Crippen molar-refractivity contribution in [2.45, 2.75) is 13.0 Å². The van der Waals surface area contributed by atoms with Crippen LogP contribution >= 0.6 is 0 Å². The predicted octanol–water partition coefficient (Wildman–Crippen LogP) is 3.52. The molecule has 3 rings (SSSR count). The molecule has 1 N–H and O–H groups in total. The zero-order valence-electron chi connectivity index (χ0n) is 9.97. The van der Waals surface area contributed by atoms with Gasteiger partial charge in [-0.25, -0.2) is 0 Å². The largest absolute Gasteiger partial charge is 0.459 e. The number of furan rings is 1. The van der Waals surface area contributed by atoms with Gasteiger partial charge in [0.05, 0.1) is 0 Å². The van der Waals surface area contributed by atoms with Crippen molar-refractivity contribution < 1.29 is 9.52 Å². The second-order valence-electron chi connectivity index (χ2n) is 4.41. The highest BCUT2D eigenvalue weighted by Gasteiger charge is 2.04. The molecule has 0 aliphatic heterocycles. The Morgan fingerprint density at radius 1 is 0.889 bits per heavy atom. The van der Waals surface area contributed by atoms with Gasteiger partial charge in [0.15, 0.2) is 0 Å². The van der Waals surface area contributed by atoms with Crippen LogP contribution in [0.5, 0.6) is 0 Å². The number of hydrogen-bond acceptors (Lipinski definition) is 2. The first-order chi connectivity index (χ1) is 8.85. The van der Waals surface area contributed by atoms with Crippen LogP contribution in [-0.2, 0) is 13.0 Å². The van der Waals surface area contributed by atoms with E-state index in [1.165, 1.54) is 11.1 Å². The summed E-state index contributed by atoms with van der Waals surface area (Å²) in [6.07, 6.45) is 0.913. The highest BCUT2D eigenvalue weighted by Crippen LogP contribution is 2.22. The SMILES string of the molecule is OCc1cc2cc(Cc3ccccc3)ccc2o1. The quantitative estimate of drug-likeness (QED) is 0.757. The van der Waals surface area contributed by atoms with E-state index in [0.717, 1.165) is 17.4 Å². The van der Waals surface area contributed by atoms with Gasteiger partial charge in [-0.05, 0) is 35.7 Å². The van der Waals surface area contributed by atoms with Gasteiger partial charge in [-0.3, -0.25) is 0 Å². The minimum atomic E-state index is -0.0529. The maximum absolute atomic E-state index is 9.05. The Kier molecular flexibility index (Phi) is 2.87. The van der Waals surface area contributed by atoms with E-state index >= 15 is 0 Å². The third-order valence-corrected chi connectivity index (χ3v) is 3.04. The van der Waals surface area contributed by atoms with E-state index in [9.17, 15) is 0 Å². The minimum absolute atomic E-state index is 0.0529. The molecule has 0 spiro atoms. The Hall–Kier alpha value is -2.06. The molecule has 0 saturated heterocycles.